The molecule has 0 rings (SSSR count). The van der Waals surface area contributed by atoms with E-state index in [2.05, 4.69) is 12.2 Å². The molecule has 6 nitrogen and oxygen atoms in total. The fraction of sp³-hybridized carbons (Fsp3) is 0.824. The van der Waals surface area contributed by atoms with E-state index in [1.807, 2.05) is 0 Å². The summed E-state index contributed by atoms with van der Waals surface area (Å²) in [6.07, 6.45) is 10.3. The van der Waals surface area contributed by atoms with Crippen molar-refractivity contribution in [3.05, 3.63) is 0 Å². The molecule has 0 bridgehead atoms. The van der Waals surface area contributed by atoms with Crippen LogP contribution in [-0.4, -0.2) is 85.5 Å². The quantitative estimate of drug-likeness (QED) is 0.304. The van der Waals surface area contributed by atoms with Crippen molar-refractivity contribution in [3.8, 4) is 0 Å². The van der Waals surface area contributed by atoms with E-state index < -0.39 is 18.0 Å². The van der Waals surface area contributed by atoms with E-state index in [9.17, 15) is 14.4 Å². The van der Waals surface area contributed by atoms with Gasteiger partial charge in [-0.05, 0) is 12.8 Å². The van der Waals surface area contributed by atoms with Gasteiger partial charge in [0.1, 0.15) is 6.04 Å². The van der Waals surface area contributed by atoms with Crippen LogP contribution in [0.25, 0.3) is 0 Å². The predicted octanol–water partition coefficient (Wildman–Crippen LogP) is 2.69. The van der Waals surface area contributed by atoms with Gasteiger partial charge in [0, 0.05) is 12.8 Å². The Bertz CT molecular complexity index is 363. The van der Waals surface area contributed by atoms with Gasteiger partial charge in [-0.25, -0.2) is 4.79 Å². The molecule has 0 aromatic heterocycles. The Labute approximate surface area is 187 Å². The number of nitrogens with one attached hydrogen (secondary N) is 1. The summed E-state index contributed by atoms with van der Waals surface area (Å²) in [6, 6.07) is -1.11. The second kappa shape index (κ2) is 17.9. The van der Waals surface area contributed by atoms with E-state index in [-0.39, 0.29) is 70.1 Å². The topological polar surface area (TPSA) is 104 Å². The molecule has 0 spiro atoms. The Morgan fingerprint density at radius 2 is 1.33 bits per heavy atom. The molecule has 0 saturated carbocycles. The van der Waals surface area contributed by atoms with E-state index in [1.165, 1.54) is 38.5 Å². The summed E-state index contributed by atoms with van der Waals surface area (Å²) in [5.74, 6) is -2.57. The second-order valence-electron chi connectivity index (χ2n) is 5.97. The van der Waals surface area contributed by atoms with Gasteiger partial charge in [-0.1, -0.05) is 58.3 Å². The maximum atomic E-state index is 11.7. The average Bonchev–Trinajstić information content (AvgIpc) is 2.49. The third-order valence-corrected chi connectivity index (χ3v) is 3.79. The monoisotopic (exact) mass is 369 g/mol. The van der Waals surface area contributed by atoms with E-state index in [4.69, 9.17) is 10.2 Å². The number of hydrogen-bond acceptors (Lipinski definition) is 3. The molecule has 0 aliphatic heterocycles. The summed E-state index contributed by atoms with van der Waals surface area (Å²) in [4.78, 5) is 33.1. The number of carbonyl (C=O) groups is 3. The van der Waals surface area contributed by atoms with Crippen molar-refractivity contribution in [2.24, 2.45) is 0 Å². The summed E-state index contributed by atoms with van der Waals surface area (Å²) >= 11 is 0. The molecule has 0 aromatic rings. The summed E-state index contributed by atoms with van der Waals surface area (Å²) in [6.45, 7) is 2.20. The molecule has 0 unspecified atom stereocenters. The molecular formula is C17H32KNO5. The SMILES string of the molecule is CCCCCCCCCCCC(=O)N[C@@H](CCC(=O)O)C(=O)O.[KH]. The van der Waals surface area contributed by atoms with Crippen molar-refractivity contribution in [3.63, 3.8) is 0 Å². The standard InChI is InChI=1S/C17H31NO5.K.H/c1-2-3-4-5-6-7-8-9-10-11-15(19)18-14(17(22)23)12-13-16(20)21;;/h14H,2-13H2,1H3,(H,18,19)(H,20,21)(H,22,23);;/t14-;;/m0../s1. The zero-order valence-electron chi connectivity index (χ0n) is 14.2. The van der Waals surface area contributed by atoms with Gasteiger partial charge in [-0.3, -0.25) is 9.59 Å². The summed E-state index contributed by atoms with van der Waals surface area (Å²) < 4.78 is 0. The molecule has 0 heterocycles. The Kier molecular flexibility index (Phi) is 19.6. The number of rotatable bonds is 15. The number of amides is 1. The molecule has 24 heavy (non-hydrogen) atoms. The molecule has 0 aromatic carbocycles. The number of carboxylic acid groups (broad SMARTS) is 2. The van der Waals surface area contributed by atoms with Crippen LogP contribution in [0.1, 0.15) is 84.0 Å². The van der Waals surface area contributed by atoms with E-state index in [0.717, 1.165) is 19.3 Å². The van der Waals surface area contributed by atoms with Crippen molar-refractivity contribution < 1.29 is 24.6 Å². The Morgan fingerprint density at radius 1 is 0.833 bits per heavy atom. The van der Waals surface area contributed by atoms with Gasteiger partial charge in [0.25, 0.3) is 0 Å². The Balaban J connectivity index is 0. The molecule has 0 aliphatic rings. The van der Waals surface area contributed by atoms with Crippen LogP contribution in [0.5, 0.6) is 0 Å². The van der Waals surface area contributed by atoms with Crippen molar-refractivity contribution in [1.82, 2.24) is 5.32 Å². The average molecular weight is 370 g/mol. The predicted molar refractivity (Wildman–Crippen MR) is 95.4 cm³/mol. The van der Waals surface area contributed by atoms with Crippen LogP contribution in [0.4, 0.5) is 0 Å². The van der Waals surface area contributed by atoms with Gasteiger partial charge in [0.15, 0.2) is 0 Å². The summed E-state index contributed by atoms with van der Waals surface area (Å²) in [7, 11) is 0. The van der Waals surface area contributed by atoms with Crippen LogP contribution in [0.15, 0.2) is 0 Å². The second-order valence-corrected chi connectivity index (χ2v) is 5.97. The molecule has 0 saturated heterocycles. The van der Waals surface area contributed by atoms with E-state index in [0.29, 0.717) is 6.42 Å². The minimum atomic E-state index is -1.19. The Morgan fingerprint density at radius 3 is 1.79 bits per heavy atom. The molecule has 0 radical (unpaired) electrons. The van der Waals surface area contributed by atoms with Crippen LogP contribution in [0, 0.1) is 0 Å². The van der Waals surface area contributed by atoms with Crippen LogP contribution in [-0.2, 0) is 14.4 Å². The first kappa shape index (κ1) is 26.3. The van der Waals surface area contributed by atoms with Gasteiger partial charge in [0.2, 0.25) is 5.91 Å². The fourth-order valence-corrected chi connectivity index (χ4v) is 2.39. The zero-order chi connectivity index (χ0) is 17.5. The van der Waals surface area contributed by atoms with Crippen molar-refractivity contribution >= 4 is 69.2 Å². The fourth-order valence-electron chi connectivity index (χ4n) is 2.39. The van der Waals surface area contributed by atoms with Crippen LogP contribution in [0.2, 0.25) is 0 Å². The summed E-state index contributed by atoms with van der Waals surface area (Å²) in [5.41, 5.74) is 0. The first-order valence-corrected chi connectivity index (χ1v) is 8.71. The molecule has 3 N–H and O–H groups in total. The maximum absolute atomic E-state index is 11.7. The third kappa shape index (κ3) is 16.9. The van der Waals surface area contributed by atoms with E-state index >= 15 is 0 Å². The first-order valence-electron chi connectivity index (χ1n) is 8.71. The molecular weight excluding hydrogens is 337 g/mol. The molecule has 136 valence electrons. The van der Waals surface area contributed by atoms with E-state index in [1.54, 1.807) is 0 Å². The molecule has 0 aliphatic carbocycles. The van der Waals surface area contributed by atoms with Gasteiger partial charge >= 0.3 is 63.3 Å². The van der Waals surface area contributed by atoms with Gasteiger partial charge in [-0.2, -0.15) is 0 Å². The third-order valence-electron chi connectivity index (χ3n) is 3.79. The number of aliphatic carboxylic acids is 2. The Hall–Kier alpha value is 0.0464. The first-order chi connectivity index (χ1) is 11.0. The minimum absolute atomic E-state index is 0. The summed E-state index contributed by atoms with van der Waals surface area (Å²) in [5, 5.41) is 19.9. The molecule has 7 heteroatoms. The number of hydrogen-bond donors (Lipinski definition) is 3. The van der Waals surface area contributed by atoms with Crippen LogP contribution in [0.3, 0.4) is 0 Å². The van der Waals surface area contributed by atoms with Gasteiger partial charge < -0.3 is 15.5 Å². The van der Waals surface area contributed by atoms with Crippen molar-refractivity contribution in [2.45, 2.75) is 90.0 Å². The normalized spacial score (nSPS) is 11.4. The number of unbranched alkanes of at least 4 members (excludes halogenated alkanes) is 8. The molecule has 1 amide bonds. The van der Waals surface area contributed by atoms with Crippen LogP contribution < -0.4 is 5.32 Å². The van der Waals surface area contributed by atoms with Crippen molar-refractivity contribution in [2.75, 3.05) is 0 Å². The van der Waals surface area contributed by atoms with Gasteiger partial charge in [-0.15, -0.1) is 0 Å². The van der Waals surface area contributed by atoms with Crippen molar-refractivity contribution in [1.29, 1.82) is 0 Å². The molecule has 1 atom stereocenters. The van der Waals surface area contributed by atoms with Gasteiger partial charge in [0.05, 0.1) is 0 Å². The van der Waals surface area contributed by atoms with Crippen LogP contribution >= 0.6 is 0 Å². The molecule has 0 fully saturated rings. The zero-order valence-corrected chi connectivity index (χ0v) is 14.2. The number of carboxylic acids is 2. The number of carbonyl (C=O) groups excluding carboxylic acids is 1.